The number of rotatable bonds is 2. The Morgan fingerprint density at radius 1 is 1.44 bits per heavy atom. The summed E-state index contributed by atoms with van der Waals surface area (Å²) in [6.07, 6.45) is 5.23. The van der Waals surface area contributed by atoms with E-state index in [-0.39, 0.29) is 11.9 Å². The number of aromatic nitrogens is 2. The van der Waals surface area contributed by atoms with Crippen LogP contribution in [-0.2, 0) is 18.3 Å². The number of nitrogens with zero attached hydrogens (tertiary/aromatic N) is 3. The lowest BCUT2D eigenvalue weighted by Gasteiger charge is -2.39. The molecule has 1 fully saturated rings. The Bertz CT molecular complexity index is 480. The fraction of sp³-hybridized carbons (Fsp3) is 0.692. The lowest BCUT2D eigenvalue weighted by molar-refractivity contribution is -0.118. The zero-order chi connectivity index (χ0) is 12.7. The highest BCUT2D eigenvalue weighted by Crippen LogP contribution is 2.38. The maximum absolute atomic E-state index is 12.2. The number of anilines is 2. The van der Waals surface area contributed by atoms with Gasteiger partial charge in [-0.05, 0) is 25.7 Å². The van der Waals surface area contributed by atoms with Gasteiger partial charge in [0.2, 0.25) is 5.91 Å². The fourth-order valence-electron chi connectivity index (χ4n) is 3.10. The summed E-state index contributed by atoms with van der Waals surface area (Å²) in [6, 6.07) is 0.0103. The molecule has 1 aromatic heterocycles. The van der Waals surface area contributed by atoms with E-state index >= 15 is 0 Å². The number of fused-ring (bicyclic) bond motifs is 3. The summed E-state index contributed by atoms with van der Waals surface area (Å²) in [5, 5.41) is 7.64. The van der Waals surface area contributed by atoms with Crippen LogP contribution in [-0.4, -0.2) is 28.3 Å². The third kappa shape index (κ3) is 1.61. The number of hydrogen-bond donors (Lipinski definition) is 1. The number of carbonyl (C=O) groups is 1. The molecule has 0 aromatic carbocycles. The van der Waals surface area contributed by atoms with Gasteiger partial charge in [0.05, 0.1) is 5.69 Å². The minimum atomic E-state index is 0.0103. The van der Waals surface area contributed by atoms with E-state index in [9.17, 15) is 4.79 Å². The van der Waals surface area contributed by atoms with E-state index < -0.39 is 0 Å². The number of nitrogens with one attached hydrogen (secondary N) is 1. The molecule has 3 rings (SSSR count). The zero-order valence-corrected chi connectivity index (χ0v) is 11.1. The summed E-state index contributed by atoms with van der Waals surface area (Å²) >= 11 is 0. The van der Waals surface area contributed by atoms with Crippen LogP contribution in [0.2, 0.25) is 0 Å². The van der Waals surface area contributed by atoms with Gasteiger partial charge in [-0.2, -0.15) is 5.10 Å². The van der Waals surface area contributed by atoms with Gasteiger partial charge in [0.1, 0.15) is 11.7 Å². The van der Waals surface area contributed by atoms with E-state index in [1.807, 2.05) is 11.7 Å². The van der Waals surface area contributed by atoms with Crippen molar-refractivity contribution in [3.05, 3.63) is 5.69 Å². The third-order valence-electron chi connectivity index (χ3n) is 3.90. The summed E-state index contributed by atoms with van der Waals surface area (Å²) < 4.78 is 1.93. The van der Waals surface area contributed by atoms with Crippen molar-refractivity contribution in [3.63, 3.8) is 0 Å². The predicted octanol–water partition coefficient (Wildman–Crippen LogP) is 1.68. The van der Waals surface area contributed by atoms with Crippen molar-refractivity contribution in [1.29, 1.82) is 0 Å². The van der Waals surface area contributed by atoms with Crippen molar-refractivity contribution in [1.82, 2.24) is 9.78 Å². The third-order valence-corrected chi connectivity index (χ3v) is 3.90. The standard InChI is InChI=1S/C13H20N4O/c1-3-6-9-11-13(16(2)15-9)17-8-5-4-7-10(17)12(18)14-11/h10H,3-8H2,1-2H3,(H,14,18). The van der Waals surface area contributed by atoms with Gasteiger partial charge in [-0.15, -0.1) is 0 Å². The van der Waals surface area contributed by atoms with Crippen LogP contribution < -0.4 is 10.2 Å². The quantitative estimate of drug-likeness (QED) is 0.866. The molecule has 2 aliphatic rings. The Hall–Kier alpha value is -1.52. The first-order chi connectivity index (χ1) is 8.72. The van der Waals surface area contributed by atoms with Crippen LogP contribution in [0.3, 0.4) is 0 Å². The Kier molecular flexibility index (Phi) is 2.76. The molecule has 1 N–H and O–H groups in total. The molecule has 0 aliphatic carbocycles. The van der Waals surface area contributed by atoms with Crippen LogP contribution in [0.25, 0.3) is 0 Å². The van der Waals surface area contributed by atoms with Gasteiger partial charge in [-0.25, -0.2) is 0 Å². The molecule has 0 saturated carbocycles. The summed E-state index contributed by atoms with van der Waals surface area (Å²) in [6.45, 7) is 3.10. The molecule has 0 spiro atoms. The van der Waals surface area contributed by atoms with E-state index in [0.29, 0.717) is 0 Å². The molecule has 18 heavy (non-hydrogen) atoms. The molecule has 1 saturated heterocycles. The first-order valence-electron chi connectivity index (χ1n) is 6.85. The van der Waals surface area contributed by atoms with Crippen LogP contribution in [0.4, 0.5) is 11.5 Å². The van der Waals surface area contributed by atoms with Gasteiger partial charge in [0.25, 0.3) is 0 Å². The Morgan fingerprint density at radius 3 is 3.06 bits per heavy atom. The normalized spacial score (nSPS) is 22.4. The molecule has 1 atom stereocenters. The summed E-state index contributed by atoms with van der Waals surface area (Å²) in [4.78, 5) is 14.4. The number of aryl methyl sites for hydroxylation is 2. The molecule has 2 aliphatic heterocycles. The van der Waals surface area contributed by atoms with Crippen LogP contribution >= 0.6 is 0 Å². The summed E-state index contributed by atoms with van der Waals surface area (Å²) in [5.74, 6) is 1.25. The van der Waals surface area contributed by atoms with Gasteiger partial charge in [0, 0.05) is 13.6 Å². The van der Waals surface area contributed by atoms with Gasteiger partial charge in [0.15, 0.2) is 5.82 Å². The second kappa shape index (κ2) is 4.30. The van der Waals surface area contributed by atoms with Crippen molar-refractivity contribution >= 4 is 17.4 Å². The smallest absolute Gasteiger partial charge is 0.247 e. The highest BCUT2D eigenvalue weighted by atomic mass is 16.2. The van der Waals surface area contributed by atoms with Crippen molar-refractivity contribution < 1.29 is 4.79 Å². The van der Waals surface area contributed by atoms with Gasteiger partial charge >= 0.3 is 0 Å². The number of hydrogen-bond acceptors (Lipinski definition) is 3. The summed E-state index contributed by atoms with van der Waals surface area (Å²) in [5.41, 5.74) is 1.97. The van der Waals surface area contributed by atoms with Crippen LogP contribution in [0.5, 0.6) is 0 Å². The van der Waals surface area contributed by atoms with Crippen molar-refractivity contribution in [2.24, 2.45) is 7.05 Å². The highest BCUT2D eigenvalue weighted by molar-refractivity contribution is 6.03. The molecule has 1 amide bonds. The Balaban J connectivity index is 2.05. The maximum atomic E-state index is 12.2. The van der Waals surface area contributed by atoms with Crippen molar-refractivity contribution in [3.8, 4) is 0 Å². The number of amides is 1. The average molecular weight is 248 g/mol. The van der Waals surface area contributed by atoms with E-state index in [0.717, 1.165) is 55.8 Å². The molecule has 1 unspecified atom stereocenters. The second-order valence-corrected chi connectivity index (χ2v) is 5.21. The zero-order valence-electron chi connectivity index (χ0n) is 11.1. The topological polar surface area (TPSA) is 50.2 Å². The SMILES string of the molecule is CCCc1nn(C)c2c1NC(=O)C1CCCCN21. The van der Waals surface area contributed by atoms with Gasteiger partial charge in [-0.3, -0.25) is 9.48 Å². The van der Waals surface area contributed by atoms with Gasteiger partial charge in [-0.1, -0.05) is 13.3 Å². The largest absolute Gasteiger partial charge is 0.343 e. The lowest BCUT2D eigenvalue weighted by Crippen LogP contribution is -2.51. The first-order valence-corrected chi connectivity index (χ1v) is 6.85. The highest BCUT2D eigenvalue weighted by Gasteiger charge is 2.38. The van der Waals surface area contributed by atoms with E-state index in [1.165, 1.54) is 0 Å². The number of carbonyl (C=O) groups excluding carboxylic acids is 1. The monoisotopic (exact) mass is 248 g/mol. The predicted molar refractivity (Wildman–Crippen MR) is 70.8 cm³/mol. The van der Waals surface area contributed by atoms with Crippen LogP contribution in [0, 0.1) is 0 Å². The van der Waals surface area contributed by atoms with Crippen LogP contribution in [0.15, 0.2) is 0 Å². The van der Waals surface area contributed by atoms with Crippen molar-refractivity contribution in [2.75, 3.05) is 16.8 Å². The minimum Gasteiger partial charge on any atom is -0.343 e. The fourth-order valence-corrected chi connectivity index (χ4v) is 3.10. The van der Waals surface area contributed by atoms with Crippen LogP contribution in [0.1, 0.15) is 38.3 Å². The van der Waals surface area contributed by atoms with E-state index in [2.05, 4.69) is 22.2 Å². The Labute approximate surface area is 107 Å². The molecule has 5 heteroatoms. The molecule has 0 radical (unpaired) electrons. The molecule has 1 aromatic rings. The second-order valence-electron chi connectivity index (χ2n) is 5.21. The molecule has 3 heterocycles. The van der Waals surface area contributed by atoms with E-state index in [4.69, 9.17) is 0 Å². The molecule has 5 nitrogen and oxygen atoms in total. The minimum absolute atomic E-state index is 0.0103. The Morgan fingerprint density at radius 2 is 2.28 bits per heavy atom. The summed E-state index contributed by atoms with van der Waals surface area (Å²) in [7, 11) is 1.97. The van der Waals surface area contributed by atoms with Crippen molar-refractivity contribution in [2.45, 2.75) is 45.1 Å². The lowest BCUT2D eigenvalue weighted by atomic mass is 9.99. The van der Waals surface area contributed by atoms with Gasteiger partial charge < -0.3 is 10.2 Å². The van der Waals surface area contributed by atoms with E-state index in [1.54, 1.807) is 0 Å². The molecular formula is C13H20N4O. The first kappa shape index (κ1) is 11.6. The number of piperidine rings is 1. The molecular weight excluding hydrogens is 228 g/mol. The maximum Gasteiger partial charge on any atom is 0.247 e. The molecule has 0 bridgehead atoms. The molecule has 98 valence electrons. The average Bonchev–Trinajstić information content (AvgIpc) is 2.67.